The minimum atomic E-state index is -1.20. The molecule has 6 rings (SSSR count). The van der Waals surface area contributed by atoms with Crippen LogP contribution in [0.3, 0.4) is 0 Å². The molecule has 1 amide bonds. The summed E-state index contributed by atoms with van der Waals surface area (Å²) >= 11 is 7.68. The zero-order valence-corrected chi connectivity index (χ0v) is 25.3. The summed E-state index contributed by atoms with van der Waals surface area (Å²) in [5.74, 6) is -0.471. The summed E-state index contributed by atoms with van der Waals surface area (Å²) < 4.78 is 12.5. The molecule has 11 heteroatoms. The second kappa shape index (κ2) is 11.0. The van der Waals surface area contributed by atoms with Gasteiger partial charge in [-0.3, -0.25) is 9.78 Å². The van der Waals surface area contributed by atoms with Crippen molar-refractivity contribution in [2.75, 3.05) is 11.9 Å². The van der Waals surface area contributed by atoms with Crippen molar-refractivity contribution in [3.63, 3.8) is 0 Å². The van der Waals surface area contributed by atoms with Gasteiger partial charge in [-0.2, -0.15) is 0 Å². The average molecular weight is 615 g/mol. The molecule has 5 aromatic rings. The molecule has 1 unspecified atom stereocenters. The van der Waals surface area contributed by atoms with E-state index in [0.29, 0.717) is 27.8 Å². The highest BCUT2D eigenvalue weighted by Crippen LogP contribution is 2.44. The van der Waals surface area contributed by atoms with E-state index >= 15 is 0 Å². The number of benzene rings is 2. The highest BCUT2D eigenvalue weighted by Gasteiger charge is 2.32. The summed E-state index contributed by atoms with van der Waals surface area (Å²) in [6, 6.07) is 14.8. The molecule has 0 saturated heterocycles. The number of carbonyl (C=O) groups is 2. The van der Waals surface area contributed by atoms with Gasteiger partial charge in [0.2, 0.25) is 0 Å². The number of aryl methyl sites for hydroxylation is 1. The van der Waals surface area contributed by atoms with Gasteiger partial charge in [0.1, 0.15) is 5.01 Å². The highest BCUT2D eigenvalue weighted by molar-refractivity contribution is 7.22. The molecule has 218 valence electrons. The van der Waals surface area contributed by atoms with Crippen LogP contribution in [0.2, 0.25) is 5.02 Å². The fourth-order valence-electron chi connectivity index (χ4n) is 4.98. The lowest BCUT2D eigenvalue weighted by Crippen LogP contribution is -2.28. The second-order valence-corrected chi connectivity index (χ2v) is 12.6. The van der Waals surface area contributed by atoms with E-state index < -0.39 is 17.7 Å². The first-order chi connectivity index (χ1) is 20.5. The normalized spacial score (nSPS) is 13.7. The number of nitrogens with one attached hydrogen (secondary N) is 1. The lowest BCUT2D eigenvalue weighted by molar-refractivity contribution is -0.160. The number of carbonyl (C=O) groups excluding carboxylic acids is 1. The summed E-state index contributed by atoms with van der Waals surface area (Å²) in [6.45, 7) is 7.33. The first-order valence-corrected chi connectivity index (χ1v) is 14.7. The van der Waals surface area contributed by atoms with Crippen LogP contribution >= 0.6 is 22.9 Å². The van der Waals surface area contributed by atoms with Crippen molar-refractivity contribution >= 4 is 50.8 Å². The van der Waals surface area contributed by atoms with E-state index in [1.807, 2.05) is 58.0 Å². The Hall–Kier alpha value is -4.38. The molecule has 4 heterocycles. The molecule has 0 bridgehead atoms. The molecule has 43 heavy (non-hydrogen) atoms. The van der Waals surface area contributed by atoms with Crippen LogP contribution in [0.25, 0.3) is 43.2 Å². The Morgan fingerprint density at radius 3 is 2.58 bits per heavy atom. The average Bonchev–Trinajstić information content (AvgIpc) is 3.39. The molecular weight excluding hydrogens is 588 g/mol. The van der Waals surface area contributed by atoms with Crippen molar-refractivity contribution in [3.05, 3.63) is 77.1 Å². The minimum absolute atomic E-state index is 0.0712. The number of halogens is 1. The molecular formula is C32H27ClN4O5S. The molecule has 0 spiro atoms. The van der Waals surface area contributed by atoms with Gasteiger partial charge in [-0.15, -0.1) is 11.3 Å². The van der Waals surface area contributed by atoms with E-state index in [1.165, 1.54) is 11.3 Å². The molecule has 1 aliphatic rings. The van der Waals surface area contributed by atoms with Gasteiger partial charge in [0.25, 0.3) is 5.91 Å². The van der Waals surface area contributed by atoms with Crippen molar-refractivity contribution < 1.29 is 24.2 Å². The maximum Gasteiger partial charge on any atom is 0.337 e. The van der Waals surface area contributed by atoms with Crippen molar-refractivity contribution in [2.45, 2.75) is 39.4 Å². The molecule has 1 aliphatic heterocycles. The number of aliphatic carboxylic acids is 1. The van der Waals surface area contributed by atoms with Crippen molar-refractivity contribution in [1.29, 1.82) is 0 Å². The summed E-state index contributed by atoms with van der Waals surface area (Å²) in [5.41, 5.74) is 5.16. The number of fused-ring (bicyclic) bond motifs is 2. The van der Waals surface area contributed by atoms with Gasteiger partial charge in [0.05, 0.1) is 21.5 Å². The number of ether oxygens (including phenoxy) is 2. The van der Waals surface area contributed by atoms with Crippen molar-refractivity contribution in [3.8, 4) is 38.7 Å². The summed E-state index contributed by atoms with van der Waals surface area (Å²) in [5, 5.41) is 14.3. The molecule has 0 saturated carbocycles. The number of hydrogen-bond acceptors (Lipinski definition) is 8. The number of thiazole rings is 1. The van der Waals surface area contributed by atoms with Gasteiger partial charge < -0.3 is 19.9 Å². The summed E-state index contributed by atoms with van der Waals surface area (Å²) in [4.78, 5) is 38.1. The minimum Gasteiger partial charge on any atom is -0.480 e. The number of carboxylic acid groups (broad SMARTS) is 1. The number of pyridine rings is 2. The number of hydrogen-bond donors (Lipinski definition) is 2. The van der Waals surface area contributed by atoms with Crippen molar-refractivity contribution in [1.82, 2.24) is 15.0 Å². The summed E-state index contributed by atoms with van der Waals surface area (Å²) in [6.07, 6.45) is 2.14. The third-order valence-corrected chi connectivity index (χ3v) is 8.18. The van der Waals surface area contributed by atoms with E-state index in [1.54, 1.807) is 30.6 Å². The van der Waals surface area contributed by atoms with E-state index in [9.17, 15) is 14.7 Å². The molecule has 9 nitrogen and oxygen atoms in total. The molecule has 0 fully saturated rings. The smallest absolute Gasteiger partial charge is 0.337 e. The van der Waals surface area contributed by atoms with Crippen LogP contribution in [0.15, 0.2) is 60.9 Å². The molecule has 3 aromatic heterocycles. The molecule has 2 N–H and O–H groups in total. The quantitative estimate of drug-likeness (QED) is 0.204. The molecule has 2 aromatic carbocycles. The Balaban J connectivity index is 1.50. The third kappa shape index (κ3) is 5.81. The van der Waals surface area contributed by atoms with E-state index in [0.717, 1.165) is 43.0 Å². The van der Waals surface area contributed by atoms with Gasteiger partial charge in [0, 0.05) is 39.7 Å². The fourth-order valence-corrected chi connectivity index (χ4v) is 6.23. The monoisotopic (exact) mass is 614 g/mol. The van der Waals surface area contributed by atoms with E-state index in [4.69, 9.17) is 26.1 Å². The number of amides is 1. The third-order valence-electron chi connectivity index (χ3n) is 6.79. The number of aromatic nitrogens is 3. The maximum atomic E-state index is 12.6. The Labute approximate surface area is 256 Å². The zero-order chi connectivity index (χ0) is 30.5. The number of anilines is 1. The highest BCUT2D eigenvalue weighted by atomic mass is 35.5. The Morgan fingerprint density at radius 1 is 1.09 bits per heavy atom. The molecule has 1 atom stereocenters. The van der Waals surface area contributed by atoms with Gasteiger partial charge in [-0.05, 0) is 75.2 Å². The van der Waals surface area contributed by atoms with Crippen LogP contribution in [0.5, 0.6) is 5.75 Å². The Bertz CT molecular complexity index is 1900. The second-order valence-electron chi connectivity index (χ2n) is 11.1. The standard InChI is InChI=1S/C32H27ClN4O5S/c1-16-11-22-28(26(17-5-7-20(33)8-6-17)25(16)27(31(39)40)42-32(2,3)4)43-30(36-22)18-9-10-34-21(12-18)19-13-23-29(35-14-19)37-24(38)15-41-23/h5-14,27H,15H2,1-4H3,(H,39,40)(H,35,37,38). The summed E-state index contributed by atoms with van der Waals surface area (Å²) in [7, 11) is 0. The maximum absolute atomic E-state index is 12.6. The number of carboxylic acids is 1. The lowest BCUT2D eigenvalue weighted by atomic mass is 9.91. The van der Waals surface area contributed by atoms with Crippen molar-refractivity contribution in [2.24, 2.45) is 0 Å². The number of rotatable bonds is 6. The van der Waals surface area contributed by atoms with Crippen LogP contribution in [0.4, 0.5) is 5.82 Å². The van der Waals surface area contributed by atoms with Gasteiger partial charge in [0.15, 0.2) is 24.3 Å². The van der Waals surface area contributed by atoms with Crippen LogP contribution in [-0.4, -0.2) is 44.1 Å². The van der Waals surface area contributed by atoms with Gasteiger partial charge >= 0.3 is 5.97 Å². The lowest BCUT2D eigenvalue weighted by Gasteiger charge is -2.28. The molecule has 0 radical (unpaired) electrons. The van der Waals surface area contributed by atoms with Crippen LogP contribution < -0.4 is 10.1 Å². The predicted molar refractivity (Wildman–Crippen MR) is 167 cm³/mol. The van der Waals surface area contributed by atoms with Crippen LogP contribution in [-0.2, 0) is 14.3 Å². The van der Waals surface area contributed by atoms with E-state index in [2.05, 4.69) is 15.3 Å². The fraction of sp³-hybridized carbons (Fsp3) is 0.219. The first kappa shape index (κ1) is 28.7. The van der Waals surface area contributed by atoms with Gasteiger partial charge in [-0.1, -0.05) is 23.7 Å². The zero-order valence-electron chi connectivity index (χ0n) is 23.8. The predicted octanol–water partition coefficient (Wildman–Crippen LogP) is 7.32. The molecule has 0 aliphatic carbocycles. The first-order valence-electron chi connectivity index (χ1n) is 13.5. The van der Waals surface area contributed by atoms with Gasteiger partial charge in [-0.25, -0.2) is 14.8 Å². The topological polar surface area (TPSA) is 124 Å². The van der Waals surface area contributed by atoms with E-state index in [-0.39, 0.29) is 12.5 Å². The van der Waals surface area contributed by atoms with Crippen LogP contribution in [0, 0.1) is 6.92 Å². The largest absolute Gasteiger partial charge is 0.480 e. The Morgan fingerprint density at radius 2 is 1.86 bits per heavy atom. The Kier molecular flexibility index (Phi) is 7.37. The van der Waals surface area contributed by atoms with Crippen LogP contribution in [0.1, 0.15) is 38.0 Å². The number of nitrogens with zero attached hydrogens (tertiary/aromatic N) is 3. The SMILES string of the molecule is Cc1cc2nc(-c3ccnc(-c4cnc5c(c4)OCC(=O)N5)c3)sc2c(-c2ccc(Cl)cc2)c1C(OC(C)(C)C)C(=O)O.